The smallest absolute Gasteiger partial charge is 0.312 e. The summed E-state index contributed by atoms with van der Waals surface area (Å²) in [6, 6.07) is 1.98. The van der Waals surface area contributed by atoms with Gasteiger partial charge in [-0.25, -0.2) is 0 Å². The molecule has 0 radical (unpaired) electrons. The van der Waals surface area contributed by atoms with E-state index in [4.69, 9.17) is 4.74 Å². The second kappa shape index (κ2) is 4.72. The normalized spacial score (nSPS) is 15.5. The Morgan fingerprint density at radius 1 is 1.50 bits per heavy atom. The fourth-order valence-corrected chi connectivity index (χ4v) is 2.62. The van der Waals surface area contributed by atoms with Crippen LogP contribution in [-0.4, -0.2) is 30.1 Å². The number of carbonyl (C=O) groups is 2. The fraction of sp³-hybridized carbons (Fsp3) is 0.538. The number of carbonyl (C=O) groups excluding carboxylic acids is 2. The maximum absolute atomic E-state index is 12.1. The topological polar surface area (TPSA) is 46.6 Å². The average Bonchev–Trinajstić information content (AvgIpc) is 2.75. The summed E-state index contributed by atoms with van der Waals surface area (Å²) in [5.41, 5.74) is 0.566. The Bertz CT molecular complexity index is 473. The lowest BCUT2D eigenvalue weighted by atomic mass is 9.97. The van der Waals surface area contributed by atoms with Crippen molar-refractivity contribution in [3.05, 3.63) is 21.9 Å². The number of amides is 1. The summed E-state index contributed by atoms with van der Waals surface area (Å²) >= 11 is 1.45. The molecule has 0 unspecified atom stereocenters. The molecule has 0 atom stereocenters. The Morgan fingerprint density at radius 2 is 2.22 bits per heavy atom. The summed E-state index contributed by atoms with van der Waals surface area (Å²) in [4.78, 5) is 26.1. The first-order chi connectivity index (χ1) is 8.39. The van der Waals surface area contributed by atoms with Crippen LogP contribution in [0.15, 0.2) is 11.4 Å². The molecule has 4 nitrogen and oxygen atoms in total. The number of hydrogen-bond acceptors (Lipinski definition) is 4. The van der Waals surface area contributed by atoms with Crippen LogP contribution in [-0.2, 0) is 16.0 Å². The Morgan fingerprint density at radius 3 is 2.89 bits per heavy atom. The highest BCUT2D eigenvalue weighted by atomic mass is 32.1. The summed E-state index contributed by atoms with van der Waals surface area (Å²) in [6.45, 7) is 6.05. The van der Waals surface area contributed by atoms with Gasteiger partial charge in [-0.2, -0.15) is 0 Å². The first-order valence-corrected chi connectivity index (χ1v) is 6.80. The molecule has 1 aliphatic rings. The summed E-state index contributed by atoms with van der Waals surface area (Å²) in [6.07, 6.45) is 0.831. The number of hydrogen-bond donors (Lipinski definition) is 0. The number of fused-ring (bicyclic) bond motifs is 1. The Balaban J connectivity index is 1.97. The summed E-state index contributed by atoms with van der Waals surface area (Å²) in [7, 11) is 0. The monoisotopic (exact) mass is 267 g/mol. The molecule has 0 N–H and O–H groups in total. The van der Waals surface area contributed by atoms with Crippen LogP contribution < -0.4 is 0 Å². The Kier molecular flexibility index (Phi) is 3.43. The van der Waals surface area contributed by atoms with Gasteiger partial charge in [0.15, 0.2) is 6.73 Å². The standard InChI is InChI=1S/C13H17NO3S/c1-13(2,3)12(16)17-8-14-6-4-9-5-7-18-10(9)11(14)15/h5,7H,4,6,8H2,1-3H3. The molecule has 1 aromatic rings. The van der Waals surface area contributed by atoms with Crippen molar-refractivity contribution in [2.75, 3.05) is 13.3 Å². The van der Waals surface area contributed by atoms with Crippen LogP contribution >= 0.6 is 11.3 Å². The van der Waals surface area contributed by atoms with Gasteiger partial charge in [0.25, 0.3) is 5.91 Å². The van der Waals surface area contributed by atoms with Gasteiger partial charge in [0.1, 0.15) is 0 Å². The van der Waals surface area contributed by atoms with E-state index in [9.17, 15) is 9.59 Å². The number of ether oxygens (including phenoxy) is 1. The van der Waals surface area contributed by atoms with Crippen LogP contribution in [0.4, 0.5) is 0 Å². The highest BCUT2D eigenvalue weighted by molar-refractivity contribution is 7.12. The molecule has 0 aliphatic carbocycles. The lowest BCUT2D eigenvalue weighted by Crippen LogP contribution is -2.40. The third kappa shape index (κ3) is 2.56. The third-order valence-corrected chi connectivity index (χ3v) is 3.79. The van der Waals surface area contributed by atoms with E-state index in [1.165, 1.54) is 11.3 Å². The van der Waals surface area contributed by atoms with E-state index in [-0.39, 0.29) is 18.6 Å². The Labute approximate surface area is 111 Å². The molecular weight excluding hydrogens is 250 g/mol. The molecule has 0 spiro atoms. The van der Waals surface area contributed by atoms with E-state index in [1.54, 1.807) is 25.7 Å². The molecule has 1 aromatic heterocycles. The molecule has 2 heterocycles. The molecule has 0 aromatic carbocycles. The largest absolute Gasteiger partial charge is 0.444 e. The first kappa shape index (κ1) is 13.1. The van der Waals surface area contributed by atoms with Gasteiger partial charge in [-0.05, 0) is 44.2 Å². The van der Waals surface area contributed by atoms with Gasteiger partial charge < -0.3 is 9.64 Å². The van der Waals surface area contributed by atoms with Gasteiger partial charge >= 0.3 is 5.97 Å². The molecule has 0 saturated heterocycles. The van der Waals surface area contributed by atoms with E-state index in [1.807, 2.05) is 11.4 Å². The van der Waals surface area contributed by atoms with Crippen molar-refractivity contribution in [2.24, 2.45) is 5.41 Å². The minimum Gasteiger partial charge on any atom is -0.444 e. The van der Waals surface area contributed by atoms with Crippen LogP contribution in [0.1, 0.15) is 36.0 Å². The molecule has 0 fully saturated rings. The lowest BCUT2D eigenvalue weighted by molar-refractivity contribution is -0.156. The van der Waals surface area contributed by atoms with Crippen LogP contribution in [0.25, 0.3) is 0 Å². The van der Waals surface area contributed by atoms with Gasteiger partial charge in [0, 0.05) is 6.54 Å². The zero-order valence-corrected chi connectivity index (χ0v) is 11.7. The van der Waals surface area contributed by atoms with E-state index in [2.05, 4.69) is 0 Å². The first-order valence-electron chi connectivity index (χ1n) is 5.92. The molecule has 98 valence electrons. The van der Waals surface area contributed by atoms with Crippen molar-refractivity contribution >= 4 is 23.2 Å². The van der Waals surface area contributed by atoms with Crippen molar-refractivity contribution in [1.82, 2.24) is 4.90 Å². The second-order valence-electron chi connectivity index (χ2n) is 5.40. The highest BCUT2D eigenvalue weighted by Crippen LogP contribution is 2.24. The predicted octanol–water partition coefficient (Wildman–Crippen LogP) is 2.29. The molecule has 2 rings (SSSR count). The zero-order valence-electron chi connectivity index (χ0n) is 10.9. The fourth-order valence-electron chi connectivity index (χ4n) is 1.70. The molecule has 0 saturated carbocycles. The van der Waals surface area contributed by atoms with Gasteiger partial charge in [0.05, 0.1) is 10.3 Å². The predicted molar refractivity (Wildman–Crippen MR) is 69.5 cm³/mol. The summed E-state index contributed by atoms with van der Waals surface area (Å²) in [5, 5.41) is 1.92. The molecule has 0 bridgehead atoms. The van der Waals surface area contributed by atoms with Crippen LogP contribution in [0.3, 0.4) is 0 Å². The van der Waals surface area contributed by atoms with Crippen molar-refractivity contribution in [1.29, 1.82) is 0 Å². The average molecular weight is 267 g/mol. The number of esters is 1. The van der Waals surface area contributed by atoms with Crippen molar-refractivity contribution in [2.45, 2.75) is 27.2 Å². The SMILES string of the molecule is CC(C)(C)C(=O)OCN1CCc2ccsc2C1=O. The third-order valence-electron chi connectivity index (χ3n) is 2.84. The molecular formula is C13H17NO3S. The van der Waals surface area contributed by atoms with Crippen molar-refractivity contribution < 1.29 is 14.3 Å². The van der Waals surface area contributed by atoms with Crippen LogP contribution in [0.2, 0.25) is 0 Å². The Hall–Kier alpha value is -1.36. The van der Waals surface area contributed by atoms with Crippen molar-refractivity contribution in [3.63, 3.8) is 0 Å². The van der Waals surface area contributed by atoms with Crippen LogP contribution in [0, 0.1) is 5.41 Å². The van der Waals surface area contributed by atoms with Gasteiger partial charge in [0.2, 0.25) is 0 Å². The van der Waals surface area contributed by atoms with Crippen molar-refractivity contribution in [3.8, 4) is 0 Å². The summed E-state index contributed by atoms with van der Waals surface area (Å²) in [5.74, 6) is -0.319. The molecule has 5 heteroatoms. The number of nitrogens with zero attached hydrogens (tertiary/aromatic N) is 1. The van der Waals surface area contributed by atoms with Gasteiger partial charge in [-0.15, -0.1) is 11.3 Å². The maximum Gasteiger partial charge on any atom is 0.312 e. The van der Waals surface area contributed by atoms with E-state index >= 15 is 0 Å². The van der Waals surface area contributed by atoms with E-state index in [0.29, 0.717) is 6.54 Å². The van der Waals surface area contributed by atoms with Gasteiger partial charge in [-0.3, -0.25) is 9.59 Å². The second-order valence-corrected chi connectivity index (χ2v) is 6.32. The lowest BCUT2D eigenvalue weighted by Gasteiger charge is -2.27. The van der Waals surface area contributed by atoms with Gasteiger partial charge in [-0.1, -0.05) is 0 Å². The summed E-state index contributed by atoms with van der Waals surface area (Å²) < 4.78 is 5.18. The molecule has 1 amide bonds. The van der Waals surface area contributed by atoms with E-state index < -0.39 is 5.41 Å². The number of rotatable bonds is 2. The minimum atomic E-state index is -0.535. The quantitative estimate of drug-likeness (QED) is 0.772. The minimum absolute atomic E-state index is 0.0343. The molecule has 18 heavy (non-hydrogen) atoms. The maximum atomic E-state index is 12.1. The zero-order chi connectivity index (χ0) is 13.3. The van der Waals surface area contributed by atoms with E-state index in [0.717, 1.165) is 16.9 Å². The number of thiophene rings is 1. The molecule has 1 aliphatic heterocycles. The highest BCUT2D eigenvalue weighted by Gasteiger charge is 2.28. The van der Waals surface area contributed by atoms with Crippen LogP contribution in [0.5, 0.6) is 0 Å².